The molecule has 1 saturated heterocycles. The summed E-state index contributed by atoms with van der Waals surface area (Å²) in [7, 11) is 0. The molecular formula is C35H33F3N4O5S. The second-order valence-corrected chi connectivity index (χ2v) is 12.1. The number of aliphatic carboxylic acids is 1. The van der Waals surface area contributed by atoms with Gasteiger partial charge in [0.05, 0.1) is 36.6 Å². The number of nitrogens with zero attached hydrogens (tertiary/aromatic N) is 2. The largest absolute Gasteiger partial charge is 0.481 e. The highest BCUT2D eigenvalue weighted by molar-refractivity contribution is 7.98. The van der Waals surface area contributed by atoms with Gasteiger partial charge >= 0.3 is 12.1 Å². The number of carboxylic acids is 1. The molecule has 2 heterocycles. The van der Waals surface area contributed by atoms with Gasteiger partial charge in [-0.2, -0.15) is 24.9 Å². The minimum Gasteiger partial charge on any atom is -0.481 e. The van der Waals surface area contributed by atoms with Crippen LogP contribution in [0.15, 0.2) is 85.1 Å². The lowest BCUT2D eigenvalue weighted by Crippen LogP contribution is -2.36. The fourth-order valence-electron chi connectivity index (χ4n) is 5.08. The summed E-state index contributed by atoms with van der Waals surface area (Å²) in [5.41, 5.74) is 3.39. The van der Waals surface area contributed by atoms with Crippen molar-refractivity contribution in [2.24, 2.45) is 0 Å². The minimum absolute atomic E-state index is 0.0563. The molecule has 2 amide bonds. The molecule has 3 aromatic carbocycles. The molecule has 250 valence electrons. The van der Waals surface area contributed by atoms with E-state index in [2.05, 4.69) is 20.5 Å². The van der Waals surface area contributed by atoms with Crippen LogP contribution in [-0.2, 0) is 28.0 Å². The number of hydrogen-bond acceptors (Lipinski definition) is 7. The molecule has 1 aliphatic rings. The predicted octanol–water partition coefficient (Wildman–Crippen LogP) is 6.49. The molecule has 1 fully saturated rings. The number of morpholine rings is 1. The third-order valence-corrected chi connectivity index (χ3v) is 8.58. The smallest absolute Gasteiger partial charge is 0.416 e. The number of rotatable bonds is 12. The quantitative estimate of drug-likeness (QED) is 0.146. The maximum atomic E-state index is 13.5. The number of carboxylic acid groups (broad SMARTS) is 1. The average Bonchev–Trinajstić information content (AvgIpc) is 3.09. The van der Waals surface area contributed by atoms with Crippen LogP contribution < -0.4 is 15.5 Å². The van der Waals surface area contributed by atoms with Gasteiger partial charge < -0.3 is 25.4 Å². The second kappa shape index (κ2) is 15.8. The number of alkyl halides is 3. The Kier molecular flexibility index (Phi) is 11.3. The van der Waals surface area contributed by atoms with Gasteiger partial charge in [-0.3, -0.25) is 19.4 Å². The van der Waals surface area contributed by atoms with Crippen LogP contribution in [0.2, 0.25) is 0 Å². The van der Waals surface area contributed by atoms with Crippen molar-refractivity contribution in [1.82, 2.24) is 10.3 Å². The normalized spacial score (nSPS) is 13.2. The number of thioether (sulfide) groups is 1. The Labute approximate surface area is 279 Å². The number of halogens is 3. The van der Waals surface area contributed by atoms with Crippen LogP contribution >= 0.6 is 11.8 Å². The number of anilines is 2. The molecular weight excluding hydrogens is 645 g/mol. The van der Waals surface area contributed by atoms with Crippen molar-refractivity contribution in [3.63, 3.8) is 0 Å². The Balaban J connectivity index is 1.37. The van der Waals surface area contributed by atoms with E-state index < -0.39 is 23.6 Å². The van der Waals surface area contributed by atoms with Gasteiger partial charge in [0.15, 0.2) is 0 Å². The van der Waals surface area contributed by atoms with Crippen LogP contribution in [-0.4, -0.2) is 59.9 Å². The van der Waals surface area contributed by atoms with Crippen molar-refractivity contribution >= 4 is 40.9 Å². The van der Waals surface area contributed by atoms with Gasteiger partial charge in [-0.25, -0.2) is 0 Å². The third kappa shape index (κ3) is 9.35. The predicted molar refractivity (Wildman–Crippen MR) is 178 cm³/mol. The second-order valence-electron chi connectivity index (χ2n) is 11.0. The summed E-state index contributed by atoms with van der Waals surface area (Å²) in [5, 5.41) is 14.5. The summed E-state index contributed by atoms with van der Waals surface area (Å²) in [6.07, 6.45) is -2.97. The fraction of sp³-hybridized carbons (Fsp3) is 0.257. The number of aromatic nitrogens is 1. The number of hydrogen-bond donors (Lipinski definition) is 3. The van der Waals surface area contributed by atoms with Crippen molar-refractivity contribution in [3.8, 4) is 11.3 Å². The number of benzene rings is 3. The van der Waals surface area contributed by atoms with Crippen molar-refractivity contribution < 1.29 is 37.4 Å². The van der Waals surface area contributed by atoms with Crippen molar-refractivity contribution in [2.75, 3.05) is 42.3 Å². The molecule has 0 bridgehead atoms. The third-order valence-electron chi connectivity index (χ3n) is 7.55. The number of carbonyl (C=O) groups is 3. The fourth-order valence-corrected chi connectivity index (χ4v) is 5.96. The molecule has 0 unspecified atom stereocenters. The molecule has 0 aliphatic carbocycles. The van der Waals surface area contributed by atoms with E-state index in [-0.39, 0.29) is 24.4 Å². The van der Waals surface area contributed by atoms with E-state index >= 15 is 0 Å². The molecule has 13 heteroatoms. The van der Waals surface area contributed by atoms with Crippen LogP contribution in [0, 0.1) is 0 Å². The van der Waals surface area contributed by atoms with Crippen molar-refractivity contribution in [2.45, 2.75) is 24.9 Å². The first kappa shape index (κ1) is 34.5. The van der Waals surface area contributed by atoms with Gasteiger partial charge in [0, 0.05) is 59.7 Å². The van der Waals surface area contributed by atoms with Gasteiger partial charge in [0.25, 0.3) is 11.8 Å². The number of nitrogens with one attached hydrogen (secondary N) is 2. The molecule has 0 atom stereocenters. The van der Waals surface area contributed by atoms with Gasteiger partial charge in [-0.15, -0.1) is 0 Å². The summed E-state index contributed by atoms with van der Waals surface area (Å²) >= 11 is 1.47. The molecule has 48 heavy (non-hydrogen) atoms. The van der Waals surface area contributed by atoms with Gasteiger partial charge in [0.1, 0.15) is 0 Å². The van der Waals surface area contributed by atoms with Gasteiger partial charge in [0.2, 0.25) is 0 Å². The monoisotopic (exact) mass is 678 g/mol. The molecule has 0 radical (unpaired) electrons. The first-order valence-corrected chi connectivity index (χ1v) is 16.3. The lowest BCUT2D eigenvalue weighted by Gasteiger charge is -2.29. The number of carbonyl (C=O) groups excluding carboxylic acids is 2. The maximum Gasteiger partial charge on any atom is 0.416 e. The zero-order valence-electron chi connectivity index (χ0n) is 25.8. The van der Waals surface area contributed by atoms with Crippen molar-refractivity contribution in [1.29, 1.82) is 0 Å². The Morgan fingerprint density at radius 2 is 1.65 bits per heavy atom. The lowest BCUT2D eigenvalue weighted by molar-refractivity contribution is -0.138. The first-order chi connectivity index (χ1) is 23.1. The van der Waals surface area contributed by atoms with E-state index in [0.29, 0.717) is 65.9 Å². The van der Waals surface area contributed by atoms with E-state index in [1.54, 1.807) is 30.3 Å². The summed E-state index contributed by atoms with van der Waals surface area (Å²) in [6, 6.07) is 20.5. The summed E-state index contributed by atoms with van der Waals surface area (Å²) < 4.78 is 44.9. The first-order valence-electron chi connectivity index (χ1n) is 15.1. The number of ether oxygens (including phenoxy) is 1. The Hall–Kier alpha value is -4.88. The summed E-state index contributed by atoms with van der Waals surface area (Å²) in [4.78, 5) is 44.0. The molecule has 9 nitrogen and oxygen atoms in total. The molecule has 3 N–H and O–H groups in total. The molecule has 0 saturated carbocycles. The molecule has 5 rings (SSSR count). The highest BCUT2D eigenvalue weighted by Gasteiger charge is 2.30. The number of pyridine rings is 1. The Morgan fingerprint density at radius 1 is 0.896 bits per heavy atom. The Morgan fingerprint density at radius 3 is 2.42 bits per heavy atom. The zero-order chi connectivity index (χ0) is 34.1. The average molecular weight is 679 g/mol. The molecule has 0 spiro atoms. The van der Waals surface area contributed by atoms with E-state index in [1.807, 2.05) is 18.2 Å². The van der Waals surface area contributed by atoms with E-state index in [1.165, 1.54) is 36.2 Å². The van der Waals surface area contributed by atoms with Crippen LogP contribution in [0.1, 0.15) is 43.8 Å². The van der Waals surface area contributed by atoms with Crippen molar-refractivity contribution in [3.05, 3.63) is 113 Å². The molecule has 4 aromatic rings. The zero-order valence-corrected chi connectivity index (χ0v) is 26.6. The van der Waals surface area contributed by atoms with E-state index in [4.69, 9.17) is 9.84 Å². The highest BCUT2D eigenvalue weighted by atomic mass is 32.2. The maximum absolute atomic E-state index is 13.5. The van der Waals surface area contributed by atoms with E-state index in [9.17, 15) is 27.6 Å². The van der Waals surface area contributed by atoms with Gasteiger partial charge in [-0.05, 0) is 65.7 Å². The van der Waals surface area contributed by atoms with E-state index in [0.717, 1.165) is 23.4 Å². The lowest BCUT2D eigenvalue weighted by atomic mass is 10.0. The SMILES string of the molecule is O=C(O)CCSCc1cccc(C(=O)Nc2ccc(N3CCOCC3)cc2-c2cc(C(=O)NCc3cccc(C(F)(F)F)c3)ccn2)c1. The van der Waals surface area contributed by atoms with Crippen LogP contribution in [0.25, 0.3) is 11.3 Å². The molecule has 1 aliphatic heterocycles. The highest BCUT2D eigenvalue weighted by Crippen LogP contribution is 2.33. The molecule has 1 aromatic heterocycles. The summed E-state index contributed by atoms with van der Waals surface area (Å²) in [6.45, 7) is 2.38. The summed E-state index contributed by atoms with van der Waals surface area (Å²) in [5.74, 6) is -0.700. The van der Waals surface area contributed by atoms with Crippen LogP contribution in [0.4, 0.5) is 24.5 Å². The minimum atomic E-state index is -4.49. The topological polar surface area (TPSA) is 121 Å². The Bertz CT molecular complexity index is 1780. The van der Waals surface area contributed by atoms with Crippen LogP contribution in [0.5, 0.6) is 0 Å². The van der Waals surface area contributed by atoms with Crippen LogP contribution in [0.3, 0.4) is 0 Å². The number of amides is 2. The van der Waals surface area contributed by atoms with Gasteiger partial charge in [-0.1, -0.05) is 24.3 Å². The standard InChI is InChI=1S/C35H33F3N4O5S/c36-35(37,38)27-6-2-3-23(18-27)21-40-33(45)26-9-11-39-31(19-26)29-20-28(42-12-14-47-15-13-42)7-8-30(29)41-34(46)25-5-1-4-24(17-25)22-48-16-10-32(43)44/h1-9,11,17-20H,10,12-16,21-22H2,(H,40,45)(H,41,46)(H,43,44).